The Balaban J connectivity index is 0.000000148. The lowest BCUT2D eigenvalue weighted by Crippen LogP contribution is -2.28. The van der Waals surface area contributed by atoms with Gasteiger partial charge in [0, 0.05) is 52.8 Å². The van der Waals surface area contributed by atoms with Gasteiger partial charge in [0.1, 0.15) is 17.2 Å². The molecule has 0 unspecified atom stereocenters. The molecule has 0 fully saturated rings. The van der Waals surface area contributed by atoms with Crippen molar-refractivity contribution in [1.82, 2.24) is 0 Å². The van der Waals surface area contributed by atoms with Crippen molar-refractivity contribution < 1.29 is 27.9 Å². The SMILES string of the molecule is C1=[N+](c2ccccc2)COc2ccccc21.Cc1cc(C)cc([N+]2=Cc3cc(C(C)(C)c4ccccc4)cc(C(C)(C)c4ccccc4)c3OC2)c1.Cc1cccc2c1OC[N+](c1ccccc1)=C2. The van der Waals surface area contributed by atoms with Crippen molar-refractivity contribution in [3.8, 4) is 17.2 Å². The third-order valence-electron chi connectivity index (χ3n) is 13.3. The number of rotatable bonds is 7. The van der Waals surface area contributed by atoms with E-state index in [1.54, 1.807) is 0 Å². The van der Waals surface area contributed by atoms with E-state index in [-0.39, 0.29) is 10.8 Å². The normalized spacial score (nSPS) is 13.6. The molecule has 8 aromatic carbocycles. The summed E-state index contributed by atoms with van der Waals surface area (Å²) in [4.78, 5) is 0. The average Bonchev–Trinajstić information content (AvgIpc) is 3.39. The van der Waals surface area contributed by atoms with Crippen LogP contribution in [-0.4, -0.2) is 52.6 Å². The zero-order valence-corrected chi connectivity index (χ0v) is 40.9. The van der Waals surface area contributed by atoms with Crippen LogP contribution in [0.25, 0.3) is 0 Å². The van der Waals surface area contributed by atoms with E-state index in [1.807, 2.05) is 54.6 Å². The minimum absolute atomic E-state index is 0.159. The number of hydrogen-bond acceptors (Lipinski definition) is 3. The molecule has 3 aliphatic heterocycles. The average molecular weight is 909 g/mol. The lowest BCUT2D eigenvalue weighted by atomic mass is 9.72. The smallest absolute Gasteiger partial charge is 0.292 e. The van der Waals surface area contributed by atoms with Crippen LogP contribution in [-0.2, 0) is 10.8 Å². The molecule has 3 aliphatic rings. The minimum Gasteiger partial charge on any atom is -0.435 e. The molecular formula is C63H62N3O3+3. The fourth-order valence-corrected chi connectivity index (χ4v) is 9.28. The van der Waals surface area contributed by atoms with Crippen LogP contribution < -0.4 is 14.2 Å². The fourth-order valence-electron chi connectivity index (χ4n) is 9.28. The summed E-state index contributed by atoms with van der Waals surface area (Å²) in [6.45, 7) is 17.2. The van der Waals surface area contributed by atoms with Crippen LogP contribution in [0, 0.1) is 20.8 Å². The van der Waals surface area contributed by atoms with Crippen LogP contribution in [0.3, 0.4) is 0 Å². The lowest BCUT2D eigenvalue weighted by Gasteiger charge is -2.33. The first kappa shape index (κ1) is 46.3. The molecule has 0 radical (unpaired) electrons. The molecule has 0 bridgehead atoms. The molecule has 0 saturated heterocycles. The molecule has 0 aliphatic carbocycles. The van der Waals surface area contributed by atoms with Crippen LogP contribution in [0.5, 0.6) is 17.2 Å². The van der Waals surface area contributed by atoms with E-state index < -0.39 is 0 Å². The third-order valence-corrected chi connectivity index (χ3v) is 13.3. The van der Waals surface area contributed by atoms with E-state index >= 15 is 0 Å². The number of para-hydroxylation sites is 4. The Labute approximate surface area is 408 Å². The van der Waals surface area contributed by atoms with Crippen molar-refractivity contribution in [1.29, 1.82) is 0 Å². The van der Waals surface area contributed by atoms with Gasteiger partial charge >= 0.3 is 0 Å². The fraction of sp³-hybridized carbons (Fsp3) is 0.190. The molecule has 6 heteroatoms. The Kier molecular flexibility index (Phi) is 13.5. The van der Waals surface area contributed by atoms with E-state index in [0.717, 1.165) is 51.0 Å². The van der Waals surface area contributed by atoms with Gasteiger partial charge in [0.2, 0.25) is 17.1 Å². The Morgan fingerprint density at radius 2 is 0.826 bits per heavy atom. The van der Waals surface area contributed by atoms with Crippen molar-refractivity contribution in [2.75, 3.05) is 20.2 Å². The number of benzene rings is 8. The van der Waals surface area contributed by atoms with Crippen molar-refractivity contribution >= 4 is 35.7 Å². The van der Waals surface area contributed by atoms with Crippen molar-refractivity contribution in [2.24, 2.45) is 0 Å². The summed E-state index contributed by atoms with van der Waals surface area (Å²) >= 11 is 0. The van der Waals surface area contributed by atoms with Gasteiger partial charge in [0.05, 0.1) is 16.7 Å². The highest BCUT2D eigenvalue weighted by molar-refractivity contribution is 5.84. The molecule has 11 rings (SSSR count). The monoisotopic (exact) mass is 908 g/mol. The molecule has 0 aromatic heterocycles. The summed E-state index contributed by atoms with van der Waals surface area (Å²) in [6, 6.07) is 67.7. The van der Waals surface area contributed by atoms with Crippen LogP contribution in [0.15, 0.2) is 194 Å². The zero-order chi connectivity index (χ0) is 48.0. The van der Waals surface area contributed by atoms with Crippen molar-refractivity contribution in [3.05, 3.63) is 250 Å². The highest BCUT2D eigenvalue weighted by atomic mass is 16.5. The maximum atomic E-state index is 6.58. The first-order chi connectivity index (χ1) is 33.4. The van der Waals surface area contributed by atoms with Crippen LogP contribution in [0.2, 0.25) is 0 Å². The van der Waals surface area contributed by atoms with Gasteiger partial charge in [-0.25, -0.2) is 0 Å². The maximum Gasteiger partial charge on any atom is 0.292 e. The molecule has 8 aromatic rings. The Hall–Kier alpha value is -7.83. The molecule has 0 amide bonds. The minimum atomic E-state index is -0.218. The van der Waals surface area contributed by atoms with E-state index in [9.17, 15) is 0 Å². The van der Waals surface area contributed by atoms with Crippen LogP contribution in [0.4, 0.5) is 17.1 Å². The summed E-state index contributed by atoms with van der Waals surface area (Å²) < 4.78 is 24.5. The topological polar surface area (TPSA) is 36.7 Å². The van der Waals surface area contributed by atoms with Gasteiger partial charge in [0.25, 0.3) is 20.2 Å². The number of ether oxygens (including phenoxy) is 3. The van der Waals surface area contributed by atoms with E-state index in [1.165, 1.54) is 38.9 Å². The summed E-state index contributed by atoms with van der Waals surface area (Å²) in [5, 5.41) is 0. The largest absolute Gasteiger partial charge is 0.435 e. The van der Waals surface area contributed by atoms with Gasteiger partial charge in [0.15, 0.2) is 18.6 Å². The Bertz CT molecular complexity index is 3150. The molecule has 0 N–H and O–H groups in total. The van der Waals surface area contributed by atoms with E-state index in [4.69, 9.17) is 14.2 Å². The number of fused-ring (bicyclic) bond motifs is 3. The molecular weight excluding hydrogens is 847 g/mol. The summed E-state index contributed by atoms with van der Waals surface area (Å²) in [7, 11) is 0. The van der Waals surface area contributed by atoms with Crippen molar-refractivity contribution in [2.45, 2.75) is 59.3 Å². The third kappa shape index (κ3) is 10.4. The Morgan fingerprint density at radius 1 is 0.362 bits per heavy atom. The number of aryl methyl sites for hydroxylation is 3. The standard InChI is InChI=1S/C34H36NO.C15H14NO.C14H12NO/c1-24-17-25(2)19-30(18-24)35-22-26-20-29(33(3,4)27-13-9-7-10-14-27)21-31(32(26)36-23-35)34(5,6)28-15-11-8-12-16-28;1-12-6-5-7-13-10-16(11-17-15(12)13)14-8-3-2-4-9-14;1-2-7-13(8-3-1)15-10-12-6-4-5-9-14(12)16-11-15/h7-22H,23H2,1-6H3;2-10H,11H2,1H3;1-10H,11H2/q3*+1. The second kappa shape index (κ2) is 20.2. The molecule has 0 atom stereocenters. The number of nitrogens with zero attached hydrogens (tertiary/aromatic N) is 3. The molecule has 69 heavy (non-hydrogen) atoms. The van der Waals surface area contributed by atoms with E-state index in [2.05, 4.69) is 220 Å². The summed E-state index contributed by atoms with van der Waals surface area (Å²) in [5.74, 6) is 2.94. The van der Waals surface area contributed by atoms with Gasteiger partial charge < -0.3 is 14.2 Å². The molecule has 6 nitrogen and oxygen atoms in total. The first-order valence-electron chi connectivity index (χ1n) is 23.8. The molecule has 0 saturated carbocycles. The second-order valence-electron chi connectivity index (χ2n) is 19.1. The van der Waals surface area contributed by atoms with Gasteiger partial charge in [-0.05, 0) is 78.4 Å². The molecule has 344 valence electrons. The Morgan fingerprint density at radius 3 is 1.43 bits per heavy atom. The van der Waals surface area contributed by atoms with Gasteiger partial charge in [-0.1, -0.05) is 161 Å². The van der Waals surface area contributed by atoms with Gasteiger partial charge in [-0.15, -0.1) is 0 Å². The predicted octanol–water partition coefficient (Wildman–Crippen LogP) is 14.0. The summed E-state index contributed by atoms with van der Waals surface area (Å²) in [6.07, 6.45) is 6.53. The lowest BCUT2D eigenvalue weighted by molar-refractivity contribution is -0.476. The molecule has 0 spiro atoms. The second-order valence-corrected chi connectivity index (χ2v) is 19.1. The van der Waals surface area contributed by atoms with Gasteiger partial charge in [-0.2, -0.15) is 13.7 Å². The molecule has 3 heterocycles. The highest BCUT2D eigenvalue weighted by Gasteiger charge is 2.35. The van der Waals surface area contributed by atoms with Crippen LogP contribution >= 0.6 is 0 Å². The highest BCUT2D eigenvalue weighted by Crippen LogP contribution is 2.44. The number of hydrogen-bond donors (Lipinski definition) is 0. The van der Waals surface area contributed by atoms with Crippen LogP contribution in [0.1, 0.15) is 83.3 Å². The quantitative estimate of drug-likeness (QED) is 0.150. The van der Waals surface area contributed by atoms with E-state index in [0.29, 0.717) is 20.2 Å². The zero-order valence-electron chi connectivity index (χ0n) is 40.9. The maximum absolute atomic E-state index is 6.58. The van der Waals surface area contributed by atoms with Crippen molar-refractivity contribution in [3.63, 3.8) is 0 Å². The summed E-state index contributed by atoms with van der Waals surface area (Å²) in [5.41, 5.74) is 15.3. The predicted molar refractivity (Wildman–Crippen MR) is 282 cm³/mol. The van der Waals surface area contributed by atoms with Gasteiger partial charge in [-0.3, -0.25) is 0 Å². The first-order valence-corrected chi connectivity index (χ1v) is 23.8.